The van der Waals surface area contributed by atoms with Crippen LogP contribution in [-0.4, -0.2) is 26.0 Å². The number of alkyl halides is 3. The SMILES string of the molecule is Cc1ccc(C(=O)Nc2cccc(C(F)(F)F)c2)cc1Nc1nc(-c2ccc(O)cc2)nc2cc[nH]c12. The number of phenols is 1. The average Bonchev–Trinajstić information content (AvgIpc) is 3.34. The molecule has 1 amide bonds. The zero-order chi connectivity index (χ0) is 26.2. The molecule has 0 atom stereocenters. The molecule has 0 unspecified atom stereocenters. The van der Waals surface area contributed by atoms with Crippen LogP contribution in [0.5, 0.6) is 5.75 Å². The van der Waals surface area contributed by atoms with Gasteiger partial charge in [-0.15, -0.1) is 0 Å². The number of aromatic hydroxyl groups is 1. The molecule has 0 spiro atoms. The Morgan fingerprint density at radius 1 is 0.973 bits per heavy atom. The highest BCUT2D eigenvalue weighted by atomic mass is 19.4. The molecule has 186 valence electrons. The first-order chi connectivity index (χ1) is 17.7. The lowest BCUT2D eigenvalue weighted by Gasteiger charge is -2.14. The lowest BCUT2D eigenvalue weighted by molar-refractivity contribution is -0.137. The van der Waals surface area contributed by atoms with Crippen LogP contribution in [0.15, 0.2) is 79.0 Å². The maximum absolute atomic E-state index is 13.0. The Bertz CT molecular complexity index is 1610. The fourth-order valence-electron chi connectivity index (χ4n) is 3.78. The largest absolute Gasteiger partial charge is 0.508 e. The summed E-state index contributed by atoms with van der Waals surface area (Å²) in [5, 5.41) is 15.4. The summed E-state index contributed by atoms with van der Waals surface area (Å²) in [6.45, 7) is 1.85. The van der Waals surface area contributed by atoms with E-state index in [1.807, 2.05) is 6.92 Å². The predicted molar refractivity (Wildman–Crippen MR) is 135 cm³/mol. The van der Waals surface area contributed by atoms with E-state index in [1.165, 1.54) is 12.1 Å². The second-order valence-electron chi connectivity index (χ2n) is 8.37. The minimum atomic E-state index is -4.51. The second kappa shape index (κ2) is 9.30. The molecule has 0 aliphatic rings. The second-order valence-corrected chi connectivity index (χ2v) is 8.37. The minimum absolute atomic E-state index is 0.0392. The number of halogens is 3. The van der Waals surface area contributed by atoms with E-state index >= 15 is 0 Å². The zero-order valence-corrected chi connectivity index (χ0v) is 19.4. The Morgan fingerprint density at radius 3 is 2.51 bits per heavy atom. The normalized spacial score (nSPS) is 11.5. The Hall–Kier alpha value is -4.86. The summed E-state index contributed by atoms with van der Waals surface area (Å²) in [4.78, 5) is 25.2. The van der Waals surface area contributed by atoms with Crippen molar-refractivity contribution in [1.82, 2.24) is 15.0 Å². The molecular formula is C27H20F3N5O2. The van der Waals surface area contributed by atoms with Gasteiger partial charge in [0.05, 0.1) is 11.1 Å². The van der Waals surface area contributed by atoms with E-state index in [9.17, 15) is 23.1 Å². The summed E-state index contributed by atoms with van der Waals surface area (Å²) in [6, 6.07) is 17.7. The first-order valence-electron chi connectivity index (χ1n) is 11.2. The molecule has 3 aromatic carbocycles. The summed E-state index contributed by atoms with van der Waals surface area (Å²) < 4.78 is 39.1. The molecule has 5 rings (SSSR count). The van der Waals surface area contributed by atoms with E-state index in [-0.39, 0.29) is 17.0 Å². The molecule has 37 heavy (non-hydrogen) atoms. The van der Waals surface area contributed by atoms with Crippen molar-refractivity contribution in [1.29, 1.82) is 0 Å². The van der Waals surface area contributed by atoms with Crippen LogP contribution in [0, 0.1) is 6.92 Å². The number of nitrogens with zero attached hydrogens (tertiary/aromatic N) is 2. The van der Waals surface area contributed by atoms with Gasteiger partial charge in [-0.1, -0.05) is 12.1 Å². The van der Waals surface area contributed by atoms with E-state index < -0.39 is 17.6 Å². The van der Waals surface area contributed by atoms with E-state index in [4.69, 9.17) is 0 Å². The van der Waals surface area contributed by atoms with Gasteiger partial charge in [0.25, 0.3) is 5.91 Å². The van der Waals surface area contributed by atoms with Gasteiger partial charge >= 0.3 is 6.18 Å². The Morgan fingerprint density at radius 2 is 1.76 bits per heavy atom. The smallest absolute Gasteiger partial charge is 0.416 e. The van der Waals surface area contributed by atoms with E-state index in [0.717, 1.165) is 17.7 Å². The van der Waals surface area contributed by atoms with Crippen LogP contribution in [0.4, 0.5) is 30.4 Å². The van der Waals surface area contributed by atoms with Gasteiger partial charge in [-0.3, -0.25) is 4.79 Å². The van der Waals surface area contributed by atoms with Gasteiger partial charge in [0.1, 0.15) is 11.3 Å². The van der Waals surface area contributed by atoms with Crippen LogP contribution in [0.2, 0.25) is 0 Å². The van der Waals surface area contributed by atoms with Crippen LogP contribution in [-0.2, 0) is 6.18 Å². The zero-order valence-electron chi connectivity index (χ0n) is 19.4. The fraction of sp³-hybridized carbons (Fsp3) is 0.0741. The number of aromatic nitrogens is 3. The molecule has 2 aromatic heterocycles. The molecule has 0 radical (unpaired) electrons. The molecule has 0 saturated heterocycles. The first-order valence-corrected chi connectivity index (χ1v) is 11.2. The molecule has 0 bridgehead atoms. The van der Waals surface area contributed by atoms with Gasteiger partial charge in [-0.2, -0.15) is 13.2 Å². The maximum Gasteiger partial charge on any atom is 0.416 e. The van der Waals surface area contributed by atoms with Gasteiger partial charge in [-0.25, -0.2) is 9.97 Å². The number of amides is 1. The lowest BCUT2D eigenvalue weighted by atomic mass is 10.1. The Balaban J connectivity index is 1.45. The quantitative estimate of drug-likeness (QED) is 0.215. The third kappa shape index (κ3) is 5.08. The van der Waals surface area contributed by atoms with Crippen molar-refractivity contribution in [3.8, 4) is 17.1 Å². The van der Waals surface area contributed by atoms with Gasteiger partial charge in [0, 0.05) is 28.7 Å². The molecule has 10 heteroatoms. The van der Waals surface area contributed by atoms with E-state index in [1.54, 1.807) is 54.7 Å². The van der Waals surface area contributed by atoms with Gasteiger partial charge in [0.2, 0.25) is 0 Å². The number of rotatable bonds is 5. The van der Waals surface area contributed by atoms with Crippen molar-refractivity contribution in [2.24, 2.45) is 0 Å². The molecule has 0 aliphatic heterocycles. The number of anilines is 3. The molecule has 0 saturated carbocycles. The molecule has 5 aromatic rings. The minimum Gasteiger partial charge on any atom is -0.508 e. The van der Waals surface area contributed by atoms with Crippen LogP contribution >= 0.6 is 0 Å². The van der Waals surface area contributed by atoms with Gasteiger partial charge in [0.15, 0.2) is 11.6 Å². The van der Waals surface area contributed by atoms with E-state index in [0.29, 0.717) is 33.9 Å². The molecular weight excluding hydrogens is 483 g/mol. The third-order valence-electron chi connectivity index (χ3n) is 5.73. The number of aromatic amines is 1. The molecule has 4 N–H and O–H groups in total. The topological polar surface area (TPSA) is 103 Å². The van der Waals surface area contributed by atoms with Crippen molar-refractivity contribution < 1.29 is 23.1 Å². The fourth-order valence-corrected chi connectivity index (χ4v) is 3.78. The summed E-state index contributed by atoms with van der Waals surface area (Å²) in [6.07, 6.45) is -2.78. The number of carbonyl (C=O) groups is 1. The highest BCUT2D eigenvalue weighted by Gasteiger charge is 2.30. The predicted octanol–water partition coefficient (Wildman–Crippen LogP) is 6.65. The van der Waals surface area contributed by atoms with Crippen molar-refractivity contribution in [2.75, 3.05) is 10.6 Å². The monoisotopic (exact) mass is 503 g/mol. The number of carbonyl (C=O) groups excluding carboxylic acids is 1. The number of nitrogens with one attached hydrogen (secondary N) is 3. The van der Waals surface area contributed by atoms with Crippen LogP contribution < -0.4 is 10.6 Å². The number of benzene rings is 3. The number of aryl methyl sites for hydroxylation is 1. The average molecular weight is 503 g/mol. The Kier molecular flexibility index (Phi) is 6.00. The third-order valence-corrected chi connectivity index (χ3v) is 5.73. The van der Waals surface area contributed by atoms with Gasteiger partial charge in [-0.05, 0) is 73.2 Å². The van der Waals surface area contributed by atoms with Crippen LogP contribution in [0.25, 0.3) is 22.4 Å². The maximum atomic E-state index is 13.0. The van der Waals surface area contributed by atoms with Crippen LogP contribution in [0.3, 0.4) is 0 Å². The van der Waals surface area contributed by atoms with Crippen molar-refractivity contribution >= 4 is 34.1 Å². The van der Waals surface area contributed by atoms with Crippen molar-refractivity contribution in [2.45, 2.75) is 13.1 Å². The molecule has 0 fully saturated rings. The number of fused-ring (bicyclic) bond motifs is 1. The number of hydrogen-bond donors (Lipinski definition) is 4. The van der Waals surface area contributed by atoms with E-state index in [2.05, 4.69) is 25.6 Å². The van der Waals surface area contributed by atoms with Crippen molar-refractivity contribution in [3.05, 3.63) is 95.7 Å². The Labute approximate surface area is 209 Å². The van der Waals surface area contributed by atoms with Crippen molar-refractivity contribution in [3.63, 3.8) is 0 Å². The first kappa shape index (κ1) is 23.9. The highest BCUT2D eigenvalue weighted by molar-refractivity contribution is 6.05. The summed E-state index contributed by atoms with van der Waals surface area (Å²) in [5.41, 5.74) is 2.87. The number of hydrogen-bond acceptors (Lipinski definition) is 5. The number of H-pyrrole nitrogens is 1. The lowest BCUT2D eigenvalue weighted by Crippen LogP contribution is -2.13. The van der Waals surface area contributed by atoms with Crippen LogP contribution in [0.1, 0.15) is 21.5 Å². The summed E-state index contributed by atoms with van der Waals surface area (Å²) >= 11 is 0. The number of phenolic OH excluding ortho intramolecular Hbond substituents is 1. The summed E-state index contributed by atoms with van der Waals surface area (Å²) in [7, 11) is 0. The molecule has 0 aliphatic carbocycles. The standard InChI is InChI=1S/C27H20F3N5O2/c1-15-5-6-17(26(37)32-19-4-2-3-18(14-19)27(28,29)30)13-22(15)34-25-23-21(11-12-31-23)33-24(35-25)16-7-9-20(36)10-8-16/h2-14,31,36H,1H3,(H,32,37)(H,33,34,35). The van der Waals surface area contributed by atoms with Gasteiger partial charge < -0.3 is 20.7 Å². The molecule has 7 nitrogen and oxygen atoms in total. The molecule has 2 heterocycles. The highest BCUT2D eigenvalue weighted by Crippen LogP contribution is 2.32. The summed E-state index contributed by atoms with van der Waals surface area (Å²) in [5.74, 6) is 0.475.